The van der Waals surface area contributed by atoms with Crippen LogP contribution in [0.3, 0.4) is 0 Å². The monoisotopic (exact) mass is 428 g/mol. The third-order valence-corrected chi connectivity index (χ3v) is 5.33. The molecule has 0 unspecified atom stereocenters. The van der Waals surface area contributed by atoms with Crippen molar-refractivity contribution in [2.45, 2.75) is 39.2 Å². The third kappa shape index (κ3) is 4.31. The van der Waals surface area contributed by atoms with Gasteiger partial charge in [0.2, 0.25) is 5.91 Å². The molecule has 1 aromatic heterocycles. The first-order valence-electron chi connectivity index (χ1n) is 9.87. The van der Waals surface area contributed by atoms with Gasteiger partial charge >= 0.3 is 0 Å². The summed E-state index contributed by atoms with van der Waals surface area (Å²) in [5, 5.41) is 7.27. The normalized spacial score (nSPS) is 14.0. The quantitative estimate of drug-likeness (QED) is 0.578. The molecule has 30 heavy (non-hydrogen) atoms. The van der Waals surface area contributed by atoms with Gasteiger partial charge in [0.25, 0.3) is 0 Å². The van der Waals surface area contributed by atoms with Gasteiger partial charge in [0, 0.05) is 42.6 Å². The van der Waals surface area contributed by atoms with Crippen LogP contribution in [0.1, 0.15) is 44.0 Å². The van der Waals surface area contributed by atoms with Crippen LogP contribution in [-0.2, 0) is 11.3 Å². The predicted octanol–water partition coefficient (Wildman–Crippen LogP) is 5.30. The molecule has 156 valence electrons. The Morgan fingerprint density at radius 1 is 1.27 bits per heavy atom. The van der Waals surface area contributed by atoms with Crippen molar-refractivity contribution in [3.8, 4) is 22.9 Å². The molecule has 0 atom stereocenters. The number of aromatic nitrogens is 3. The molecule has 1 N–H and O–H groups in total. The van der Waals surface area contributed by atoms with Crippen LogP contribution in [0, 0.1) is 5.82 Å². The first kappa shape index (κ1) is 20.3. The SMILES string of the molecule is CC(C)c1nc(-c2ccc(CN3CCCC3=O)c(Oc3ccc(Cl)c(F)c3)c2)n[nH]1. The summed E-state index contributed by atoms with van der Waals surface area (Å²) in [6, 6.07) is 9.90. The van der Waals surface area contributed by atoms with E-state index in [4.69, 9.17) is 16.3 Å². The van der Waals surface area contributed by atoms with E-state index in [2.05, 4.69) is 15.2 Å². The molecule has 1 amide bonds. The molecule has 0 saturated carbocycles. The highest BCUT2D eigenvalue weighted by molar-refractivity contribution is 6.30. The van der Waals surface area contributed by atoms with E-state index in [1.807, 2.05) is 32.0 Å². The van der Waals surface area contributed by atoms with Crippen molar-refractivity contribution >= 4 is 17.5 Å². The molecular weight excluding hydrogens is 407 g/mol. The van der Waals surface area contributed by atoms with Crippen molar-refractivity contribution in [3.05, 3.63) is 58.6 Å². The molecule has 0 radical (unpaired) electrons. The maximum atomic E-state index is 13.9. The number of ether oxygens (including phenoxy) is 1. The topological polar surface area (TPSA) is 71.1 Å². The minimum Gasteiger partial charge on any atom is -0.457 e. The standard InChI is InChI=1S/C22H22ClFN4O2/c1-13(2)21-25-22(27-26-21)14-5-6-15(12-28-9-3-4-20(28)29)19(10-14)30-16-7-8-17(23)18(24)11-16/h5-8,10-11,13H,3-4,9,12H2,1-2H3,(H,25,26,27). The lowest BCUT2D eigenvalue weighted by Gasteiger charge is -2.19. The van der Waals surface area contributed by atoms with Crippen LogP contribution >= 0.6 is 11.6 Å². The van der Waals surface area contributed by atoms with Crippen LogP contribution in [0.4, 0.5) is 4.39 Å². The maximum Gasteiger partial charge on any atom is 0.222 e. The number of halogens is 2. The van der Waals surface area contributed by atoms with Crippen molar-refractivity contribution in [3.63, 3.8) is 0 Å². The van der Waals surface area contributed by atoms with Crippen LogP contribution in [0.15, 0.2) is 36.4 Å². The first-order chi connectivity index (χ1) is 14.4. The molecule has 6 nitrogen and oxygen atoms in total. The second-order valence-electron chi connectivity index (χ2n) is 7.62. The summed E-state index contributed by atoms with van der Waals surface area (Å²) in [4.78, 5) is 18.4. The van der Waals surface area contributed by atoms with Gasteiger partial charge in [-0.3, -0.25) is 9.89 Å². The van der Waals surface area contributed by atoms with Crippen LogP contribution in [0.25, 0.3) is 11.4 Å². The van der Waals surface area contributed by atoms with Gasteiger partial charge in [-0.05, 0) is 24.6 Å². The Kier molecular flexibility index (Phi) is 5.72. The van der Waals surface area contributed by atoms with Crippen molar-refractivity contribution < 1.29 is 13.9 Å². The molecule has 3 aromatic rings. The molecule has 0 spiro atoms. The smallest absolute Gasteiger partial charge is 0.222 e. The van der Waals surface area contributed by atoms with Gasteiger partial charge in [0.1, 0.15) is 23.1 Å². The van der Waals surface area contributed by atoms with Gasteiger partial charge in [-0.2, -0.15) is 5.10 Å². The number of benzene rings is 2. The number of nitrogens with one attached hydrogen (secondary N) is 1. The number of likely N-dealkylation sites (tertiary alicyclic amines) is 1. The largest absolute Gasteiger partial charge is 0.457 e. The molecule has 2 aromatic carbocycles. The van der Waals surface area contributed by atoms with Crippen LogP contribution in [0.2, 0.25) is 5.02 Å². The summed E-state index contributed by atoms with van der Waals surface area (Å²) >= 11 is 5.78. The van der Waals surface area contributed by atoms with Crippen LogP contribution in [-0.4, -0.2) is 32.5 Å². The fraction of sp³-hybridized carbons (Fsp3) is 0.318. The van der Waals surface area contributed by atoms with Crippen molar-refractivity contribution in [1.29, 1.82) is 0 Å². The van der Waals surface area contributed by atoms with E-state index in [-0.39, 0.29) is 16.8 Å². The van der Waals surface area contributed by atoms with Gasteiger partial charge in [0.15, 0.2) is 5.82 Å². The molecule has 1 saturated heterocycles. The van der Waals surface area contributed by atoms with E-state index in [1.54, 1.807) is 11.0 Å². The molecule has 0 bridgehead atoms. The van der Waals surface area contributed by atoms with Crippen molar-refractivity contribution in [1.82, 2.24) is 20.1 Å². The van der Waals surface area contributed by atoms with Gasteiger partial charge in [-0.15, -0.1) is 0 Å². The average molecular weight is 429 g/mol. The fourth-order valence-electron chi connectivity index (χ4n) is 3.33. The predicted molar refractivity (Wildman–Crippen MR) is 112 cm³/mol. The highest BCUT2D eigenvalue weighted by Gasteiger charge is 2.22. The maximum absolute atomic E-state index is 13.9. The number of H-pyrrole nitrogens is 1. The van der Waals surface area contributed by atoms with E-state index in [1.165, 1.54) is 12.1 Å². The summed E-state index contributed by atoms with van der Waals surface area (Å²) in [6.45, 7) is 5.21. The lowest BCUT2D eigenvalue weighted by atomic mass is 10.1. The van der Waals surface area contributed by atoms with E-state index in [0.717, 1.165) is 23.4 Å². The van der Waals surface area contributed by atoms with Gasteiger partial charge < -0.3 is 9.64 Å². The number of hydrogen-bond acceptors (Lipinski definition) is 4. The average Bonchev–Trinajstić information content (AvgIpc) is 3.36. The first-order valence-corrected chi connectivity index (χ1v) is 10.2. The molecule has 4 rings (SSSR count). The zero-order chi connectivity index (χ0) is 21.3. The Morgan fingerprint density at radius 2 is 2.10 bits per heavy atom. The Hall–Kier alpha value is -2.93. The van der Waals surface area contributed by atoms with Crippen LogP contribution < -0.4 is 4.74 Å². The summed E-state index contributed by atoms with van der Waals surface area (Å²) in [5.41, 5.74) is 1.59. The van der Waals surface area contributed by atoms with E-state index >= 15 is 0 Å². The lowest BCUT2D eigenvalue weighted by Crippen LogP contribution is -2.24. The number of amides is 1. The van der Waals surface area contributed by atoms with Gasteiger partial charge in [0.05, 0.1) is 5.02 Å². The van der Waals surface area contributed by atoms with Gasteiger partial charge in [-0.25, -0.2) is 9.37 Å². The highest BCUT2D eigenvalue weighted by Crippen LogP contribution is 2.33. The summed E-state index contributed by atoms with van der Waals surface area (Å²) in [7, 11) is 0. The van der Waals surface area contributed by atoms with Crippen molar-refractivity contribution in [2.75, 3.05) is 6.54 Å². The number of nitrogens with zero attached hydrogens (tertiary/aromatic N) is 3. The fourth-order valence-corrected chi connectivity index (χ4v) is 3.44. The zero-order valence-corrected chi connectivity index (χ0v) is 17.5. The summed E-state index contributed by atoms with van der Waals surface area (Å²) in [5.74, 6) is 1.97. The summed E-state index contributed by atoms with van der Waals surface area (Å²) in [6.07, 6.45) is 1.41. The molecule has 0 aliphatic carbocycles. The Bertz CT molecular complexity index is 1080. The number of aromatic amines is 1. The second kappa shape index (κ2) is 8.44. The minimum atomic E-state index is -0.558. The van der Waals surface area contributed by atoms with E-state index < -0.39 is 5.82 Å². The third-order valence-electron chi connectivity index (χ3n) is 5.03. The number of rotatable bonds is 6. The summed E-state index contributed by atoms with van der Waals surface area (Å²) < 4.78 is 19.9. The second-order valence-corrected chi connectivity index (χ2v) is 8.03. The Balaban J connectivity index is 1.69. The van der Waals surface area contributed by atoms with Gasteiger partial charge in [-0.1, -0.05) is 37.6 Å². The number of hydrogen-bond donors (Lipinski definition) is 1. The van der Waals surface area contributed by atoms with E-state index in [9.17, 15) is 9.18 Å². The van der Waals surface area contributed by atoms with E-state index in [0.29, 0.717) is 36.8 Å². The van der Waals surface area contributed by atoms with Crippen molar-refractivity contribution in [2.24, 2.45) is 0 Å². The number of carbonyl (C=O) groups is 1. The van der Waals surface area contributed by atoms with Crippen LogP contribution in [0.5, 0.6) is 11.5 Å². The molecular formula is C22H22ClFN4O2. The minimum absolute atomic E-state index is 0.0286. The molecule has 1 aliphatic rings. The Labute approximate surface area is 179 Å². The Morgan fingerprint density at radius 3 is 2.77 bits per heavy atom. The molecule has 8 heteroatoms. The molecule has 1 aliphatic heterocycles. The zero-order valence-electron chi connectivity index (χ0n) is 16.8. The molecule has 2 heterocycles. The number of carbonyl (C=O) groups excluding carboxylic acids is 1. The molecule has 1 fully saturated rings. The highest BCUT2D eigenvalue weighted by atomic mass is 35.5. The lowest BCUT2D eigenvalue weighted by molar-refractivity contribution is -0.128.